The van der Waals surface area contributed by atoms with Crippen molar-refractivity contribution in [3.8, 4) is 0 Å². The number of likely N-dealkylation sites (tertiary alicyclic amines) is 1. The van der Waals surface area contributed by atoms with Crippen molar-refractivity contribution >= 4 is 5.82 Å². The molecule has 0 saturated carbocycles. The number of H-pyrrole nitrogens is 1. The molecule has 82 valence electrons. The highest BCUT2D eigenvalue weighted by Crippen LogP contribution is 2.32. The van der Waals surface area contributed by atoms with Gasteiger partial charge >= 0.3 is 0 Å². The highest BCUT2D eigenvalue weighted by Gasteiger charge is 2.26. The maximum Gasteiger partial charge on any atom is 0.151 e. The molecular weight excluding hydrogens is 188 g/mol. The van der Waals surface area contributed by atoms with Crippen molar-refractivity contribution in [2.75, 3.05) is 32.0 Å². The molecule has 0 aromatic carbocycles. The number of aromatic amines is 1. The van der Waals surface area contributed by atoms with Crippen LogP contribution >= 0.6 is 0 Å². The first-order chi connectivity index (χ1) is 7.34. The van der Waals surface area contributed by atoms with Gasteiger partial charge in [0.05, 0.1) is 0 Å². The van der Waals surface area contributed by atoms with Gasteiger partial charge in [-0.15, -0.1) is 0 Å². The average molecular weight is 206 g/mol. The van der Waals surface area contributed by atoms with Crippen LogP contribution in [0.2, 0.25) is 0 Å². The van der Waals surface area contributed by atoms with Gasteiger partial charge in [-0.2, -0.15) is 5.10 Å². The number of hydrogen-bond acceptors (Lipinski definition) is 3. The number of aromatic nitrogens is 2. The first kappa shape index (κ1) is 9.21. The Labute approximate surface area is 90.0 Å². The standard InChI is InChI=1S/C11H18N4/c1-15-6-2-3-8(7-15)10-9-4-5-12-11(9)14-13-10/h8H,2-7H2,1H3,(H2,12,13,14). The smallest absolute Gasteiger partial charge is 0.151 e. The molecule has 0 bridgehead atoms. The van der Waals surface area contributed by atoms with Gasteiger partial charge in [0.25, 0.3) is 0 Å². The van der Waals surface area contributed by atoms with Crippen molar-refractivity contribution in [1.29, 1.82) is 0 Å². The maximum absolute atomic E-state index is 4.34. The highest BCUT2D eigenvalue weighted by atomic mass is 15.2. The van der Waals surface area contributed by atoms with Crippen LogP contribution in [-0.4, -0.2) is 41.8 Å². The Bertz CT molecular complexity index is 357. The van der Waals surface area contributed by atoms with Crippen LogP contribution in [0.4, 0.5) is 5.82 Å². The van der Waals surface area contributed by atoms with Gasteiger partial charge in [-0.25, -0.2) is 0 Å². The molecule has 1 unspecified atom stereocenters. The normalized spacial score (nSPS) is 26.3. The molecule has 2 N–H and O–H groups in total. The second-order valence-electron chi connectivity index (χ2n) is 4.74. The van der Waals surface area contributed by atoms with E-state index in [4.69, 9.17) is 0 Å². The van der Waals surface area contributed by atoms with Gasteiger partial charge < -0.3 is 10.2 Å². The van der Waals surface area contributed by atoms with Gasteiger partial charge in [-0.3, -0.25) is 5.10 Å². The number of nitrogens with zero attached hydrogens (tertiary/aromatic N) is 2. The van der Waals surface area contributed by atoms with Crippen molar-refractivity contribution in [3.63, 3.8) is 0 Å². The predicted molar refractivity (Wildman–Crippen MR) is 60.3 cm³/mol. The van der Waals surface area contributed by atoms with Gasteiger partial charge in [0.2, 0.25) is 0 Å². The predicted octanol–water partition coefficient (Wildman–Crippen LogP) is 1.19. The Morgan fingerprint density at radius 1 is 1.47 bits per heavy atom. The van der Waals surface area contributed by atoms with E-state index in [0.29, 0.717) is 5.92 Å². The molecule has 3 heterocycles. The Morgan fingerprint density at radius 3 is 3.27 bits per heavy atom. The van der Waals surface area contributed by atoms with Gasteiger partial charge in [0.1, 0.15) is 0 Å². The third-order valence-electron chi connectivity index (χ3n) is 3.60. The summed E-state index contributed by atoms with van der Waals surface area (Å²) in [6.45, 7) is 3.47. The van der Waals surface area contributed by atoms with E-state index in [1.54, 1.807) is 0 Å². The van der Waals surface area contributed by atoms with Crippen LogP contribution in [0.5, 0.6) is 0 Å². The SMILES string of the molecule is CN1CCCC(c2[nH]nc3c2CCN3)C1. The number of anilines is 1. The van der Waals surface area contributed by atoms with Crippen LogP contribution in [0.3, 0.4) is 0 Å². The molecule has 0 amide bonds. The monoisotopic (exact) mass is 206 g/mol. The van der Waals surface area contributed by atoms with Crippen LogP contribution in [0.15, 0.2) is 0 Å². The molecule has 0 spiro atoms. The quantitative estimate of drug-likeness (QED) is 0.725. The third-order valence-corrected chi connectivity index (χ3v) is 3.60. The van der Waals surface area contributed by atoms with Gasteiger partial charge in [-0.05, 0) is 32.9 Å². The van der Waals surface area contributed by atoms with E-state index >= 15 is 0 Å². The van der Waals surface area contributed by atoms with Crippen molar-refractivity contribution in [2.45, 2.75) is 25.2 Å². The van der Waals surface area contributed by atoms with E-state index in [9.17, 15) is 0 Å². The first-order valence-electron chi connectivity index (χ1n) is 5.84. The van der Waals surface area contributed by atoms with E-state index in [-0.39, 0.29) is 0 Å². The zero-order chi connectivity index (χ0) is 10.3. The zero-order valence-corrected chi connectivity index (χ0v) is 9.21. The summed E-state index contributed by atoms with van der Waals surface area (Å²) < 4.78 is 0. The molecule has 4 nitrogen and oxygen atoms in total. The molecule has 1 aromatic heterocycles. The minimum Gasteiger partial charge on any atom is -0.368 e. The minimum atomic E-state index is 0.667. The van der Waals surface area contributed by atoms with Crippen LogP contribution in [0, 0.1) is 0 Å². The van der Waals surface area contributed by atoms with E-state index in [0.717, 1.165) is 18.8 Å². The lowest BCUT2D eigenvalue weighted by molar-refractivity contribution is 0.248. The third kappa shape index (κ3) is 1.53. The number of hydrogen-bond donors (Lipinski definition) is 2. The Morgan fingerprint density at radius 2 is 2.40 bits per heavy atom. The molecule has 2 aliphatic rings. The molecule has 1 aromatic rings. The van der Waals surface area contributed by atoms with Crippen molar-refractivity contribution in [3.05, 3.63) is 11.3 Å². The summed E-state index contributed by atoms with van der Waals surface area (Å²) in [5, 5.41) is 10.9. The molecule has 0 radical (unpaired) electrons. The van der Waals surface area contributed by atoms with E-state index in [2.05, 4.69) is 27.5 Å². The fraction of sp³-hybridized carbons (Fsp3) is 0.727. The summed E-state index contributed by atoms with van der Waals surface area (Å²) in [6, 6.07) is 0. The van der Waals surface area contributed by atoms with Crippen molar-refractivity contribution in [2.24, 2.45) is 0 Å². The van der Waals surface area contributed by atoms with E-state index in [1.165, 1.54) is 37.2 Å². The minimum absolute atomic E-state index is 0.667. The van der Waals surface area contributed by atoms with Crippen LogP contribution in [0.1, 0.15) is 30.0 Å². The molecule has 1 atom stereocenters. The molecule has 1 saturated heterocycles. The van der Waals surface area contributed by atoms with Gasteiger partial charge in [0.15, 0.2) is 5.82 Å². The largest absolute Gasteiger partial charge is 0.368 e. The van der Waals surface area contributed by atoms with Gasteiger partial charge in [-0.1, -0.05) is 0 Å². The molecule has 1 fully saturated rings. The lowest BCUT2D eigenvalue weighted by Gasteiger charge is -2.29. The fourth-order valence-electron chi connectivity index (χ4n) is 2.82. The number of fused-ring (bicyclic) bond motifs is 1. The van der Waals surface area contributed by atoms with Crippen LogP contribution < -0.4 is 5.32 Å². The average Bonchev–Trinajstić information content (AvgIpc) is 2.77. The summed E-state index contributed by atoms with van der Waals surface area (Å²) in [5.74, 6) is 1.76. The van der Waals surface area contributed by atoms with Crippen LogP contribution in [0.25, 0.3) is 0 Å². The van der Waals surface area contributed by atoms with Gasteiger partial charge in [0, 0.05) is 30.3 Å². The number of likely N-dealkylation sites (N-methyl/N-ethyl adjacent to an activating group) is 1. The highest BCUT2D eigenvalue weighted by molar-refractivity contribution is 5.52. The number of piperidine rings is 1. The molecule has 4 heteroatoms. The Balaban J connectivity index is 1.85. The molecule has 0 aliphatic carbocycles. The summed E-state index contributed by atoms with van der Waals surface area (Å²) in [6.07, 6.45) is 3.75. The first-order valence-corrected chi connectivity index (χ1v) is 5.84. The molecule has 3 rings (SSSR count). The maximum atomic E-state index is 4.34. The van der Waals surface area contributed by atoms with E-state index < -0.39 is 0 Å². The second-order valence-corrected chi connectivity index (χ2v) is 4.74. The summed E-state index contributed by atoms with van der Waals surface area (Å²) in [4.78, 5) is 2.42. The fourth-order valence-corrected chi connectivity index (χ4v) is 2.82. The van der Waals surface area contributed by atoms with Crippen LogP contribution in [-0.2, 0) is 6.42 Å². The number of rotatable bonds is 1. The van der Waals surface area contributed by atoms with Crippen molar-refractivity contribution in [1.82, 2.24) is 15.1 Å². The van der Waals surface area contributed by atoms with E-state index in [1.807, 2.05) is 0 Å². The Kier molecular flexibility index (Phi) is 2.16. The molecule has 2 aliphatic heterocycles. The summed E-state index contributed by atoms with van der Waals surface area (Å²) in [7, 11) is 2.21. The topological polar surface area (TPSA) is 44.0 Å². The summed E-state index contributed by atoms with van der Waals surface area (Å²) in [5.41, 5.74) is 2.83. The van der Waals surface area contributed by atoms with Crippen molar-refractivity contribution < 1.29 is 0 Å². The Hall–Kier alpha value is -1.03. The summed E-state index contributed by atoms with van der Waals surface area (Å²) >= 11 is 0. The molecule has 15 heavy (non-hydrogen) atoms. The second kappa shape index (κ2) is 3.52. The zero-order valence-electron chi connectivity index (χ0n) is 9.21. The molecular formula is C11H18N4. The lowest BCUT2D eigenvalue weighted by atomic mass is 9.92. The lowest BCUT2D eigenvalue weighted by Crippen LogP contribution is -2.31. The number of nitrogens with one attached hydrogen (secondary N) is 2.